The molecular weight excluding hydrogens is 292 g/mol. The Morgan fingerprint density at radius 2 is 1.70 bits per heavy atom. The van der Waals surface area contributed by atoms with Crippen molar-refractivity contribution >= 4 is 11.9 Å². The van der Waals surface area contributed by atoms with Crippen molar-refractivity contribution in [1.82, 2.24) is 9.80 Å². The van der Waals surface area contributed by atoms with E-state index < -0.39 is 5.97 Å². The van der Waals surface area contributed by atoms with Gasteiger partial charge in [-0.05, 0) is 57.0 Å². The largest absolute Gasteiger partial charge is 0.465 e. The first kappa shape index (κ1) is 16.0. The number of likely N-dealkylation sites (tertiary alicyclic amines) is 2. The third-order valence-corrected chi connectivity index (χ3v) is 4.94. The Morgan fingerprint density at radius 3 is 2.35 bits per heavy atom. The zero-order chi connectivity index (χ0) is 16.2. The second-order valence-electron chi connectivity index (χ2n) is 6.34. The molecule has 5 heteroatoms. The summed E-state index contributed by atoms with van der Waals surface area (Å²) >= 11 is 0. The van der Waals surface area contributed by atoms with Crippen LogP contribution in [0.5, 0.6) is 0 Å². The van der Waals surface area contributed by atoms with Crippen molar-refractivity contribution in [2.75, 3.05) is 33.3 Å². The SMILES string of the molecule is COC(=O)c1cccc(C(=O)N2CCC(N3CCCC3)CC2)c1. The Balaban J connectivity index is 1.62. The van der Waals surface area contributed by atoms with E-state index in [1.165, 1.54) is 33.0 Å². The fourth-order valence-electron chi connectivity index (χ4n) is 3.62. The van der Waals surface area contributed by atoms with Gasteiger partial charge < -0.3 is 14.5 Å². The van der Waals surface area contributed by atoms with E-state index in [2.05, 4.69) is 4.90 Å². The first-order chi connectivity index (χ1) is 11.2. The Hall–Kier alpha value is -1.88. The highest BCUT2D eigenvalue weighted by Crippen LogP contribution is 2.22. The molecule has 1 aromatic rings. The summed E-state index contributed by atoms with van der Waals surface area (Å²) in [5, 5.41) is 0. The van der Waals surface area contributed by atoms with Gasteiger partial charge in [-0.3, -0.25) is 4.79 Å². The predicted octanol–water partition coefficient (Wildman–Crippen LogP) is 2.17. The molecule has 0 spiro atoms. The maximum atomic E-state index is 12.7. The molecule has 2 aliphatic rings. The molecule has 0 atom stereocenters. The van der Waals surface area contributed by atoms with Crippen LogP contribution in [-0.2, 0) is 4.74 Å². The van der Waals surface area contributed by atoms with E-state index >= 15 is 0 Å². The summed E-state index contributed by atoms with van der Waals surface area (Å²) in [5.41, 5.74) is 0.984. The molecule has 0 unspecified atom stereocenters. The Morgan fingerprint density at radius 1 is 1.04 bits per heavy atom. The van der Waals surface area contributed by atoms with Crippen molar-refractivity contribution in [1.29, 1.82) is 0 Å². The van der Waals surface area contributed by atoms with Crippen molar-refractivity contribution in [3.05, 3.63) is 35.4 Å². The van der Waals surface area contributed by atoms with Gasteiger partial charge in [0.1, 0.15) is 0 Å². The molecule has 1 amide bonds. The molecule has 2 fully saturated rings. The predicted molar refractivity (Wildman–Crippen MR) is 87.5 cm³/mol. The zero-order valence-corrected chi connectivity index (χ0v) is 13.7. The highest BCUT2D eigenvalue weighted by Gasteiger charge is 2.28. The maximum absolute atomic E-state index is 12.7. The molecule has 124 valence electrons. The lowest BCUT2D eigenvalue weighted by Gasteiger charge is -2.36. The first-order valence-electron chi connectivity index (χ1n) is 8.41. The summed E-state index contributed by atoms with van der Waals surface area (Å²) in [6, 6.07) is 7.42. The zero-order valence-electron chi connectivity index (χ0n) is 13.7. The van der Waals surface area contributed by atoms with Crippen LogP contribution in [0.15, 0.2) is 24.3 Å². The minimum atomic E-state index is -0.410. The summed E-state index contributed by atoms with van der Waals surface area (Å²) in [4.78, 5) is 28.7. The van der Waals surface area contributed by atoms with Crippen molar-refractivity contribution < 1.29 is 14.3 Å². The van der Waals surface area contributed by atoms with Gasteiger partial charge in [0, 0.05) is 24.7 Å². The van der Waals surface area contributed by atoms with Gasteiger partial charge in [0.15, 0.2) is 0 Å². The molecule has 0 aromatic heterocycles. The number of hydrogen-bond acceptors (Lipinski definition) is 4. The monoisotopic (exact) mass is 316 g/mol. The van der Waals surface area contributed by atoms with E-state index in [4.69, 9.17) is 4.74 Å². The molecule has 0 radical (unpaired) electrons. The number of carbonyl (C=O) groups is 2. The van der Waals surface area contributed by atoms with Crippen molar-refractivity contribution in [3.8, 4) is 0 Å². The number of carbonyl (C=O) groups excluding carboxylic acids is 2. The number of ether oxygens (including phenoxy) is 1. The summed E-state index contributed by atoms with van der Waals surface area (Å²) in [6.07, 6.45) is 4.70. The van der Waals surface area contributed by atoms with Crippen molar-refractivity contribution in [2.24, 2.45) is 0 Å². The van der Waals surface area contributed by atoms with Crippen LogP contribution in [0, 0.1) is 0 Å². The van der Waals surface area contributed by atoms with Gasteiger partial charge in [-0.15, -0.1) is 0 Å². The van der Waals surface area contributed by atoms with Crippen LogP contribution in [0.1, 0.15) is 46.4 Å². The Labute approximate surface area is 137 Å². The van der Waals surface area contributed by atoms with Crippen LogP contribution in [0.25, 0.3) is 0 Å². The van der Waals surface area contributed by atoms with Gasteiger partial charge in [-0.25, -0.2) is 4.79 Å². The van der Waals surface area contributed by atoms with Gasteiger partial charge in [0.2, 0.25) is 0 Å². The standard InChI is InChI=1S/C18H24N2O3/c1-23-18(22)15-6-4-5-14(13-15)17(21)20-11-7-16(8-12-20)19-9-2-3-10-19/h4-6,13,16H,2-3,7-12H2,1H3. The molecule has 0 aliphatic carbocycles. The van der Waals surface area contributed by atoms with Gasteiger partial charge in [0.25, 0.3) is 5.91 Å². The minimum Gasteiger partial charge on any atom is -0.465 e. The van der Waals surface area contributed by atoms with E-state index in [1.54, 1.807) is 24.3 Å². The molecule has 3 rings (SSSR count). The first-order valence-corrected chi connectivity index (χ1v) is 8.41. The molecule has 2 saturated heterocycles. The lowest BCUT2D eigenvalue weighted by atomic mass is 10.0. The highest BCUT2D eigenvalue weighted by molar-refractivity contribution is 5.97. The number of amides is 1. The highest BCUT2D eigenvalue weighted by atomic mass is 16.5. The summed E-state index contributed by atoms with van der Waals surface area (Å²) in [5.74, 6) is -0.400. The molecule has 2 aliphatic heterocycles. The number of benzene rings is 1. The molecule has 23 heavy (non-hydrogen) atoms. The van der Waals surface area contributed by atoms with Gasteiger partial charge in [-0.1, -0.05) is 6.07 Å². The number of esters is 1. The fraction of sp³-hybridized carbons (Fsp3) is 0.556. The lowest BCUT2D eigenvalue weighted by molar-refractivity contribution is 0.0600. The summed E-state index contributed by atoms with van der Waals surface area (Å²) in [7, 11) is 1.35. The van der Waals surface area contributed by atoms with Crippen LogP contribution < -0.4 is 0 Å². The van der Waals surface area contributed by atoms with E-state index in [1.807, 2.05) is 4.90 Å². The number of methoxy groups -OCH3 is 1. The second-order valence-corrected chi connectivity index (χ2v) is 6.34. The molecular formula is C18H24N2O3. The van der Waals surface area contributed by atoms with E-state index in [0.717, 1.165) is 25.9 Å². The van der Waals surface area contributed by atoms with Gasteiger partial charge in [-0.2, -0.15) is 0 Å². The summed E-state index contributed by atoms with van der Waals surface area (Å²) in [6.45, 7) is 4.00. The topological polar surface area (TPSA) is 49.9 Å². The van der Waals surface area contributed by atoms with Crippen LogP contribution in [-0.4, -0.2) is 61.0 Å². The van der Waals surface area contributed by atoms with Crippen molar-refractivity contribution in [2.45, 2.75) is 31.7 Å². The average Bonchev–Trinajstić information content (AvgIpc) is 3.15. The Bertz CT molecular complexity index is 573. The fourth-order valence-corrected chi connectivity index (χ4v) is 3.62. The third kappa shape index (κ3) is 3.55. The lowest BCUT2D eigenvalue weighted by Crippen LogP contribution is -2.45. The Kier molecular flexibility index (Phi) is 4.96. The van der Waals surface area contributed by atoms with Gasteiger partial charge in [0.05, 0.1) is 12.7 Å². The minimum absolute atomic E-state index is 0.00984. The number of nitrogens with zero attached hydrogens (tertiary/aromatic N) is 2. The second kappa shape index (κ2) is 7.13. The smallest absolute Gasteiger partial charge is 0.337 e. The van der Waals surface area contributed by atoms with Crippen LogP contribution in [0.4, 0.5) is 0 Å². The molecule has 1 aromatic carbocycles. The maximum Gasteiger partial charge on any atom is 0.337 e. The van der Waals surface area contributed by atoms with E-state index in [9.17, 15) is 9.59 Å². The summed E-state index contributed by atoms with van der Waals surface area (Å²) < 4.78 is 4.72. The van der Waals surface area contributed by atoms with Crippen LogP contribution in [0.2, 0.25) is 0 Å². The van der Waals surface area contributed by atoms with Crippen molar-refractivity contribution in [3.63, 3.8) is 0 Å². The molecule has 0 N–H and O–H groups in total. The molecule has 0 saturated carbocycles. The molecule has 0 bridgehead atoms. The van der Waals surface area contributed by atoms with Crippen LogP contribution in [0.3, 0.4) is 0 Å². The van der Waals surface area contributed by atoms with E-state index in [0.29, 0.717) is 17.2 Å². The van der Waals surface area contributed by atoms with Crippen LogP contribution >= 0.6 is 0 Å². The van der Waals surface area contributed by atoms with E-state index in [-0.39, 0.29) is 5.91 Å². The molecule has 5 nitrogen and oxygen atoms in total. The number of hydrogen-bond donors (Lipinski definition) is 0. The number of rotatable bonds is 3. The average molecular weight is 316 g/mol. The molecule has 2 heterocycles. The van der Waals surface area contributed by atoms with Gasteiger partial charge >= 0.3 is 5.97 Å². The third-order valence-electron chi connectivity index (χ3n) is 4.94. The normalized spacial score (nSPS) is 19.8. The number of piperidine rings is 1. The quantitative estimate of drug-likeness (QED) is 0.802.